The molecule has 2 N–H and O–H groups in total. The Morgan fingerprint density at radius 3 is 2.69 bits per heavy atom. The Hall–Kier alpha value is -1.84. The lowest BCUT2D eigenvalue weighted by molar-refractivity contribution is -0.118. The fraction of sp³-hybridized carbons (Fsp3) is 0.333. The van der Waals surface area contributed by atoms with E-state index in [1.165, 1.54) is 6.92 Å². The number of carbonyl (C=O) groups is 2. The van der Waals surface area contributed by atoms with Crippen LogP contribution in [0, 0.1) is 0 Å². The second kappa shape index (κ2) is 5.90. The molecule has 0 aliphatic rings. The summed E-state index contributed by atoms with van der Waals surface area (Å²) >= 11 is 0. The van der Waals surface area contributed by atoms with Crippen molar-refractivity contribution in [2.75, 3.05) is 13.6 Å². The molecule has 86 valence electrons. The minimum Gasteiger partial charge on any atom is -0.356 e. The minimum absolute atomic E-state index is 0.0394. The summed E-state index contributed by atoms with van der Waals surface area (Å²) < 4.78 is 0. The van der Waals surface area contributed by atoms with Crippen LogP contribution in [0.25, 0.3) is 0 Å². The van der Waals surface area contributed by atoms with Crippen LogP contribution in [0.2, 0.25) is 0 Å². The zero-order valence-electron chi connectivity index (χ0n) is 9.54. The summed E-state index contributed by atoms with van der Waals surface area (Å²) in [6, 6.07) is 7.38. The summed E-state index contributed by atoms with van der Waals surface area (Å²) in [5.41, 5.74) is 1.68. The number of benzene rings is 1. The standard InChI is InChI=1S/C12H16N2O2/c1-9(15)14-7-6-10-4-3-5-11(8-10)12(16)13-2/h3-5,8H,6-7H2,1-2H3,(H,13,16)(H,14,15). The number of carbonyl (C=O) groups excluding carboxylic acids is 2. The van der Waals surface area contributed by atoms with Crippen LogP contribution >= 0.6 is 0 Å². The van der Waals surface area contributed by atoms with E-state index in [0.29, 0.717) is 12.1 Å². The molecule has 0 spiro atoms. The van der Waals surface area contributed by atoms with E-state index in [-0.39, 0.29) is 11.8 Å². The van der Waals surface area contributed by atoms with Crippen molar-refractivity contribution in [2.45, 2.75) is 13.3 Å². The molecule has 1 aromatic rings. The van der Waals surface area contributed by atoms with Gasteiger partial charge in [-0.2, -0.15) is 0 Å². The topological polar surface area (TPSA) is 58.2 Å². The van der Waals surface area contributed by atoms with E-state index in [1.807, 2.05) is 18.2 Å². The van der Waals surface area contributed by atoms with Gasteiger partial charge in [0.2, 0.25) is 5.91 Å². The van der Waals surface area contributed by atoms with Gasteiger partial charge in [0.05, 0.1) is 0 Å². The fourth-order valence-corrected chi connectivity index (χ4v) is 1.40. The zero-order valence-corrected chi connectivity index (χ0v) is 9.54. The molecule has 16 heavy (non-hydrogen) atoms. The van der Waals surface area contributed by atoms with Gasteiger partial charge in [0.1, 0.15) is 0 Å². The maximum atomic E-state index is 11.4. The average molecular weight is 220 g/mol. The van der Waals surface area contributed by atoms with Gasteiger partial charge in [-0.3, -0.25) is 9.59 Å². The highest BCUT2D eigenvalue weighted by atomic mass is 16.2. The van der Waals surface area contributed by atoms with Gasteiger partial charge in [-0.25, -0.2) is 0 Å². The lowest BCUT2D eigenvalue weighted by atomic mass is 10.1. The fourth-order valence-electron chi connectivity index (χ4n) is 1.40. The molecule has 1 rings (SSSR count). The van der Waals surface area contributed by atoms with Crippen molar-refractivity contribution in [1.82, 2.24) is 10.6 Å². The number of hydrogen-bond acceptors (Lipinski definition) is 2. The Bertz CT molecular complexity index is 388. The number of amides is 2. The molecule has 0 saturated carbocycles. The molecule has 0 aliphatic carbocycles. The first-order chi connectivity index (χ1) is 7.63. The maximum absolute atomic E-state index is 11.4. The van der Waals surface area contributed by atoms with Crippen molar-refractivity contribution < 1.29 is 9.59 Å². The van der Waals surface area contributed by atoms with Crippen LogP contribution in [0.4, 0.5) is 0 Å². The maximum Gasteiger partial charge on any atom is 0.251 e. The first kappa shape index (κ1) is 12.2. The zero-order chi connectivity index (χ0) is 12.0. The largest absolute Gasteiger partial charge is 0.356 e. The van der Waals surface area contributed by atoms with Gasteiger partial charge in [-0.1, -0.05) is 12.1 Å². The summed E-state index contributed by atoms with van der Waals surface area (Å²) in [4.78, 5) is 22.0. The molecule has 0 bridgehead atoms. The van der Waals surface area contributed by atoms with Crippen LogP contribution in [0.15, 0.2) is 24.3 Å². The highest BCUT2D eigenvalue weighted by Crippen LogP contribution is 2.05. The van der Waals surface area contributed by atoms with Crippen LogP contribution in [-0.4, -0.2) is 25.4 Å². The lowest BCUT2D eigenvalue weighted by Gasteiger charge is -2.05. The third-order valence-corrected chi connectivity index (χ3v) is 2.20. The first-order valence-electron chi connectivity index (χ1n) is 5.19. The third-order valence-electron chi connectivity index (χ3n) is 2.20. The SMILES string of the molecule is CNC(=O)c1cccc(CCNC(C)=O)c1. The van der Waals surface area contributed by atoms with Gasteiger partial charge in [0, 0.05) is 26.1 Å². The van der Waals surface area contributed by atoms with Crippen molar-refractivity contribution >= 4 is 11.8 Å². The number of hydrogen-bond donors (Lipinski definition) is 2. The van der Waals surface area contributed by atoms with E-state index >= 15 is 0 Å². The first-order valence-corrected chi connectivity index (χ1v) is 5.19. The quantitative estimate of drug-likeness (QED) is 0.785. The van der Waals surface area contributed by atoms with E-state index in [1.54, 1.807) is 13.1 Å². The molecule has 0 atom stereocenters. The van der Waals surface area contributed by atoms with Crippen LogP contribution < -0.4 is 10.6 Å². The summed E-state index contributed by atoms with van der Waals surface area (Å²) in [6.45, 7) is 2.08. The average Bonchev–Trinajstić information content (AvgIpc) is 2.28. The third kappa shape index (κ3) is 3.73. The Labute approximate surface area is 95.0 Å². The normalized spacial score (nSPS) is 9.62. The Balaban J connectivity index is 2.60. The Morgan fingerprint density at radius 1 is 1.31 bits per heavy atom. The molecule has 4 heteroatoms. The molecule has 0 aliphatic heterocycles. The van der Waals surface area contributed by atoms with E-state index in [9.17, 15) is 9.59 Å². The van der Waals surface area contributed by atoms with E-state index < -0.39 is 0 Å². The molecule has 0 unspecified atom stereocenters. The van der Waals surface area contributed by atoms with Crippen molar-refractivity contribution in [3.8, 4) is 0 Å². The summed E-state index contributed by atoms with van der Waals surface area (Å²) in [7, 11) is 1.60. The molecule has 4 nitrogen and oxygen atoms in total. The number of nitrogens with one attached hydrogen (secondary N) is 2. The van der Waals surface area contributed by atoms with Crippen molar-refractivity contribution in [3.63, 3.8) is 0 Å². The molecular weight excluding hydrogens is 204 g/mol. The summed E-state index contributed by atoms with van der Waals surface area (Å²) in [5.74, 6) is -0.135. The van der Waals surface area contributed by atoms with Crippen molar-refractivity contribution in [1.29, 1.82) is 0 Å². The van der Waals surface area contributed by atoms with E-state index in [4.69, 9.17) is 0 Å². The van der Waals surface area contributed by atoms with Crippen LogP contribution in [0.1, 0.15) is 22.8 Å². The Morgan fingerprint density at radius 2 is 2.06 bits per heavy atom. The van der Waals surface area contributed by atoms with Gasteiger partial charge in [0.25, 0.3) is 5.91 Å². The van der Waals surface area contributed by atoms with E-state index in [2.05, 4.69) is 10.6 Å². The minimum atomic E-state index is -0.0959. The molecule has 1 aromatic carbocycles. The molecule has 0 saturated heterocycles. The molecule has 0 radical (unpaired) electrons. The highest BCUT2D eigenvalue weighted by Gasteiger charge is 2.03. The number of rotatable bonds is 4. The smallest absolute Gasteiger partial charge is 0.251 e. The molecule has 0 aromatic heterocycles. The van der Waals surface area contributed by atoms with Gasteiger partial charge < -0.3 is 10.6 Å². The molecular formula is C12H16N2O2. The monoisotopic (exact) mass is 220 g/mol. The van der Waals surface area contributed by atoms with Gasteiger partial charge >= 0.3 is 0 Å². The van der Waals surface area contributed by atoms with Gasteiger partial charge in [0.15, 0.2) is 0 Å². The highest BCUT2D eigenvalue weighted by molar-refractivity contribution is 5.94. The predicted octanol–water partition coefficient (Wildman–Crippen LogP) is 0.725. The van der Waals surface area contributed by atoms with Crippen molar-refractivity contribution in [2.24, 2.45) is 0 Å². The summed E-state index contributed by atoms with van der Waals surface area (Å²) in [5, 5.41) is 5.29. The van der Waals surface area contributed by atoms with Crippen LogP contribution in [0.3, 0.4) is 0 Å². The van der Waals surface area contributed by atoms with Gasteiger partial charge in [-0.05, 0) is 24.1 Å². The summed E-state index contributed by atoms with van der Waals surface area (Å²) in [6.07, 6.45) is 0.727. The predicted molar refractivity (Wildman–Crippen MR) is 62.2 cm³/mol. The second-order valence-corrected chi connectivity index (χ2v) is 3.51. The second-order valence-electron chi connectivity index (χ2n) is 3.51. The Kier molecular flexibility index (Phi) is 4.51. The van der Waals surface area contributed by atoms with Crippen LogP contribution in [-0.2, 0) is 11.2 Å². The molecule has 0 heterocycles. The molecule has 0 fully saturated rings. The van der Waals surface area contributed by atoms with Gasteiger partial charge in [-0.15, -0.1) is 0 Å². The molecule has 2 amide bonds. The van der Waals surface area contributed by atoms with Crippen LogP contribution in [0.5, 0.6) is 0 Å². The van der Waals surface area contributed by atoms with Crippen molar-refractivity contribution in [3.05, 3.63) is 35.4 Å². The van der Waals surface area contributed by atoms with E-state index in [0.717, 1.165) is 12.0 Å². The lowest BCUT2D eigenvalue weighted by Crippen LogP contribution is -2.22.